The van der Waals surface area contributed by atoms with E-state index in [2.05, 4.69) is 16.0 Å². The van der Waals surface area contributed by atoms with E-state index in [1.54, 1.807) is 0 Å². The van der Waals surface area contributed by atoms with Crippen LogP contribution in [0.2, 0.25) is 0 Å². The Kier molecular flexibility index (Phi) is 7.34. The van der Waals surface area contributed by atoms with Crippen LogP contribution < -0.4 is 0 Å². The van der Waals surface area contributed by atoms with Gasteiger partial charge in [0.2, 0.25) is 0 Å². The van der Waals surface area contributed by atoms with Crippen LogP contribution in [0, 0.1) is 11.3 Å². The summed E-state index contributed by atoms with van der Waals surface area (Å²) in [5.41, 5.74) is 8.46. The van der Waals surface area contributed by atoms with Gasteiger partial charge in [0.25, 0.3) is 0 Å². The third kappa shape index (κ3) is 5.65. The maximum atomic E-state index is 9.11. The molecule has 0 atom stereocenters. The molecule has 0 saturated heterocycles. The standard InChI is InChI=1S/C43H25N7O/c44-25-27-14-16-28(17-15-27)29-18-20-32(21-19-29)39-45-26-46-40(47-39)33-22-23-34-37(24-33)51-36-13-7-12-35(38(34)36)43-49-41(30-8-3-1-4-9-30)48-42(50-43)31-10-5-2-6-11-31/h1-24,26H. The Bertz CT molecular complexity index is 2680. The summed E-state index contributed by atoms with van der Waals surface area (Å²) >= 11 is 0. The maximum absolute atomic E-state index is 9.11. The van der Waals surface area contributed by atoms with Gasteiger partial charge in [0.1, 0.15) is 17.5 Å². The van der Waals surface area contributed by atoms with Gasteiger partial charge in [-0.3, -0.25) is 0 Å². The van der Waals surface area contributed by atoms with Crippen LogP contribution in [0.15, 0.2) is 156 Å². The average Bonchev–Trinajstić information content (AvgIpc) is 3.60. The molecule has 0 fully saturated rings. The lowest BCUT2D eigenvalue weighted by molar-refractivity contribution is 0.669. The highest BCUT2D eigenvalue weighted by Gasteiger charge is 2.19. The SMILES string of the molecule is N#Cc1ccc(-c2ccc(-c3ncnc(-c4ccc5c(c4)oc4cccc(-c6nc(-c7ccccc7)nc(-c7ccccc7)n6)c45)n3)cc2)cc1. The van der Waals surface area contributed by atoms with Crippen molar-refractivity contribution in [3.63, 3.8) is 0 Å². The Labute approximate surface area is 292 Å². The molecule has 8 heteroatoms. The molecule has 0 aliphatic rings. The molecule has 0 saturated carbocycles. The van der Waals surface area contributed by atoms with Crippen LogP contribution >= 0.6 is 0 Å². The lowest BCUT2D eigenvalue weighted by Gasteiger charge is -2.09. The summed E-state index contributed by atoms with van der Waals surface area (Å²) in [5.74, 6) is 2.86. The highest BCUT2D eigenvalue weighted by atomic mass is 16.3. The summed E-state index contributed by atoms with van der Waals surface area (Å²) in [7, 11) is 0. The summed E-state index contributed by atoms with van der Waals surface area (Å²) in [6.45, 7) is 0. The maximum Gasteiger partial charge on any atom is 0.164 e. The molecule has 3 heterocycles. The summed E-state index contributed by atoms with van der Waals surface area (Å²) in [5, 5.41) is 11.0. The third-order valence-corrected chi connectivity index (χ3v) is 8.76. The molecule has 9 rings (SSSR count). The van der Waals surface area contributed by atoms with Crippen LogP contribution in [0.25, 0.3) is 90.0 Å². The molecule has 3 aromatic heterocycles. The van der Waals surface area contributed by atoms with Crippen LogP contribution in [-0.2, 0) is 0 Å². The zero-order valence-corrected chi connectivity index (χ0v) is 27.0. The van der Waals surface area contributed by atoms with E-state index < -0.39 is 0 Å². The first-order chi connectivity index (χ1) is 25.2. The zero-order chi connectivity index (χ0) is 34.1. The van der Waals surface area contributed by atoms with E-state index in [9.17, 15) is 0 Å². The number of hydrogen-bond acceptors (Lipinski definition) is 8. The van der Waals surface area contributed by atoms with Crippen molar-refractivity contribution in [3.05, 3.63) is 157 Å². The molecule has 6 aromatic carbocycles. The van der Waals surface area contributed by atoms with Crippen molar-refractivity contribution < 1.29 is 4.42 Å². The van der Waals surface area contributed by atoms with E-state index in [4.69, 9.17) is 29.6 Å². The first kappa shape index (κ1) is 29.7. The van der Waals surface area contributed by atoms with E-state index >= 15 is 0 Å². The molecule has 8 nitrogen and oxygen atoms in total. The van der Waals surface area contributed by atoms with Gasteiger partial charge in [-0.15, -0.1) is 0 Å². The van der Waals surface area contributed by atoms with E-state index in [1.807, 2.05) is 146 Å². The van der Waals surface area contributed by atoms with Gasteiger partial charge < -0.3 is 4.42 Å². The normalized spacial score (nSPS) is 11.1. The first-order valence-corrected chi connectivity index (χ1v) is 16.3. The monoisotopic (exact) mass is 655 g/mol. The topological polar surface area (TPSA) is 114 Å². The molecule has 0 spiro atoms. The minimum atomic E-state index is 0.538. The molecule has 0 unspecified atom stereocenters. The van der Waals surface area contributed by atoms with Crippen LogP contribution in [0.5, 0.6) is 0 Å². The Morgan fingerprint density at radius 3 is 1.61 bits per heavy atom. The zero-order valence-electron chi connectivity index (χ0n) is 27.0. The number of nitrogens with zero attached hydrogens (tertiary/aromatic N) is 7. The molecule has 0 amide bonds. The molecule has 0 radical (unpaired) electrons. The number of rotatable bonds is 6. The predicted molar refractivity (Wildman–Crippen MR) is 198 cm³/mol. The van der Waals surface area contributed by atoms with Crippen LogP contribution in [0.3, 0.4) is 0 Å². The van der Waals surface area contributed by atoms with Crippen molar-refractivity contribution in [1.82, 2.24) is 29.9 Å². The van der Waals surface area contributed by atoms with Gasteiger partial charge in [-0.05, 0) is 41.5 Å². The second-order valence-electron chi connectivity index (χ2n) is 11.9. The van der Waals surface area contributed by atoms with Gasteiger partial charge in [-0.25, -0.2) is 29.9 Å². The van der Waals surface area contributed by atoms with Crippen molar-refractivity contribution in [2.45, 2.75) is 0 Å². The Morgan fingerprint density at radius 1 is 0.431 bits per heavy atom. The highest BCUT2D eigenvalue weighted by Crippen LogP contribution is 2.38. The predicted octanol–water partition coefficient (Wildman–Crippen LogP) is 9.83. The summed E-state index contributed by atoms with van der Waals surface area (Å²) in [4.78, 5) is 28.6. The fourth-order valence-corrected chi connectivity index (χ4v) is 6.20. The summed E-state index contributed by atoms with van der Waals surface area (Å²) in [6.07, 6.45) is 1.53. The van der Waals surface area contributed by atoms with E-state index in [-0.39, 0.29) is 0 Å². The minimum absolute atomic E-state index is 0.538. The van der Waals surface area contributed by atoms with Gasteiger partial charge in [0, 0.05) is 38.6 Å². The van der Waals surface area contributed by atoms with Gasteiger partial charge in [0.05, 0.1) is 11.6 Å². The molecule has 9 aromatic rings. The van der Waals surface area contributed by atoms with E-state index in [0.29, 0.717) is 40.3 Å². The number of nitriles is 1. The number of aromatic nitrogens is 6. The molecule has 0 aliphatic heterocycles. The van der Waals surface area contributed by atoms with E-state index in [0.717, 1.165) is 55.3 Å². The van der Waals surface area contributed by atoms with Crippen molar-refractivity contribution in [1.29, 1.82) is 5.26 Å². The molecule has 51 heavy (non-hydrogen) atoms. The fraction of sp³-hybridized carbons (Fsp3) is 0. The molecular weight excluding hydrogens is 631 g/mol. The Hall–Kier alpha value is -7.37. The lowest BCUT2D eigenvalue weighted by Crippen LogP contribution is -2.00. The average molecular weight is 656 g/mol. The molecular formula is C43H25N7O. The van der Waals surface area contributed by atoms with Crippen LogP contribution in [-0.4, -0.2) is 29.9 Å². The fourth-order valence-electron chi connectivity index (χ4n) is 6.20. The molecule has 0 N–H and O–H groups in total. The second kappa shape index (κ2) is 12.6. The minimum Gasteiger partial charge on any atom is -0.456 e. The van der Waals surface area contributed by atoms with Gasteiger partial charge >= 0.3 is 0 Å². The van der Waals surface area contributed by atoms with Crippen molar-refractivity contribution in [2.75, 3.05) is 0 Å². The summed E-state index contributed by atoms with van der Waals surface area (Å²) in [6, 6.07) is 49.5. The van der Waals surface area contributed by atoms with Gasteiger partial charge in [-0.2, -0.15) is 5.26 Å². The molecule has 238 valence electrons. The molecule has 0 aliphatic carbocycles. The van der Waals surface area contributed by atoms with Crippen LogP contribution in [0.4, 0.5) is 0 Å². The number of fused-ring (bicyclic) bond motifs is 3. The lowest BCUT2D eigenvalue weighted by atomic mass is 10.0. The van der Waals surface area contributed by atoms with Crippen LogP contribution in [0.1, 0.15) is 5.56 Å². The largest absolute Gasteiger partial charge is 0.456 e. The Morgan fingerprint density at radius 2 is 0.961 bits per heavy atom. The number of hydrogen-bond donors (Lipinski definition) is 0. The number of furan rings is 1. The van der Waals surface area contributed by atoms with Gasteiger partial charge in [-0.1, -0.05) is 115 Å². The highest BCUT2D eigenvalue weighted by molar-refractivity contribution is 6.12. The van der Waals surface area contributed by atoms with Crippen molar-refractivity contribution >= 4 is 21.9 Å². The molecule has 0 bridgehead atoms. The quantitative estimate of drug-likeness (QED) is 0.174. The Balaban J connectivity index is 1.09. The van der Waals surface area contributed by atoms with Crippen molar-refractivity contribution in [3.8, 4) is 74.1 Å². The number of benzene rings is 6. The third-order valence-electron chi connectivity index (χ3n) is 8.76. The smallest absolute Gasteiger partial charge is 0.164 e. The summed E-state index contributed by atoms with van der Waals surface area (Å²) < 4.78 is 6.43. The van der Waals surface area contributed by atoms with E-state index in [1.165, 1.54) is 6.33 Å². The second-order valence-corrected chi connectivity index (χ2v) is 11.9. The van der Waals surface area contributed by atoms with Gasteiger partial charge in [0.15, 0.2) is 29.1 Å². The van der Waals surface area contributed by atoms with Crippen molar-refractivity contribution in [2.24, 2.45) is 0 Å². The first-order valence-electron chi connectivity index (χ1n) is 16.3.